The van der Waals surface area contributed by atoms with Crippen molar-refractivity contribution in [1.29, 1.82) is 0 Å². The molecular weight excluding hydrogens is 548 g/mol. The van der Waals surface area contributed by atoms with Crippen LogP contribution in [0.5, 0.6) is 0 Å². The quantitative estimate of drug-likeness (QED) is 0.0334. The number of carbonyl (C=O) groups is 2. The first kappa shape index (κ1) is 42.3. The van der Waals surface area contributed by atoms with Gasteiger partial charge in [-0.05, 0) is 65.5 Å². The molecule has 258 valence electrons. The van der Waals surface area contributed by atoms with Crippen molar-refractivity contribution >= 4 is 11.9 Å². The first-order chi connectivity index (χ1) is 21.2. The summed E-state index contributed by atoms with van der Waals surface area (Å²) in [5, 5.41) is 0. The monoisotopic (exact) mass is 622 g/mol. The lowest BCUT2D eigenvalue weighted by atomic mass is 10.1. The van der Waals surface area contributed by atoms with E-state index in [2.05, 4.69) is 71.2 Å². The summed E-state index contributed by atoms with van der Waals surface area (Å²) in [6.07, 6.45) is 31.5. The van der Waals surface area contributed by atoms with E-state index in [1.165, 1.54) is 64.2 Å². The third-order valence-corrected chi connectivity index (χ3v) is 8.08. The molecule has 0 saturated carbocycles. The number of esters is 2. The van der Waals surface area contributed by atoms with E-state index in [1.54, 1.807) is 0 Å². The van der Waals surface area contributed by atoms with E-state index in [-0.39, 0.29) is 18.5 Å². The standard InChI is InChI=1S/C38H73N2O4/c1-7-9-11-13-15-17-19-21-23-25-27-30-37(41)43-35-36(34-40(5,6)33-29-32-39(3)4)44-38(42)31-28-26-24-22-20-18-16-14-12-10-8-2/h13-16,36H,7-12,17-35H2,1-6H3/q+1. The van der Waals surface area contributed by atoms with Gasteiger partial charge in [-0.2, -0.15) is 0 Å². The van der Waals surface area contributed by atoms with E-state index in [0.29, 0.717) is 19.4 Å². The molecule has 0 fully saturated rings. The Kier molecular flexibility index (Phi) is 28.9. The van der Waals surface area contributed by atoms with Crippen LogP contribution in [0.25, 0.3) is 0 Å². The van der Waals surface area contributed by atoms with Gasteiger partial charge in [0.25, 0.3) is 0 Å². The van der Waals surface area contributed by atoms with Crippen LogP contribution in [-0.4, -0.2) is 81.9 Å². The van der Waals surface area contributed by atoms with Crippen LogP contribution < -0.4 is 0 Å². The van der Waals surface area contributed by atoms with Crippen LogP contribution >= 0.6 is 0 Å². The van der Waals surface area contributed by atoms with Crippen molar-refractivity contribution in [3.05, 3.63) is 24.3 Å². The molecule has 0 rings (SSSR count). The minimum Gasteiger partial charge on any atom is -0.461 e. The summed E-state index contributed by atoms with van der Waals surface area (Å²) in [5.74, 6) is -0.346. The molecule has 0 aromatic heterocycles. The van der Waals surface area contributed by atoms with Crippen LogP contribution in [-0.2, 0) is 19.1 Å². The minimum absolute atomic E-state index is 0.149. The lowest BCUT2D eigenvalue weighted by molar-refractivity contribution is -0.893. The van der Waals surface area contributed by atoms with Crippen LogP contribution in [0.3, 0.4) is 0 Å². The van der Waals surface area contributed by atoms with Gasteiger partial charge in [-0.3, -0.25) is 9.59 Å². The van der Waals surface area contributed by atoms with Gasteiger partial charge in [0.15, 0.2) is 6.10 Å². The largest absolute Gasteiger partial charge is 0.461 e. The summed E-state index contributed by atoms with van der Waals surface area (Å²) in [6, 6.07) is 0. The van der Waals surface area contributed by atoms with Crippen LogP contribution in [0.2, 0.25) is 0 Å². The number of carbonyl (C=O) groups excluding carboxylic acids is 2. The summed E-state index contributed by atoms with van der Waals surface area (Å²) in [6.45, 7) is 7.24. The third-order valence-electron chi connectivity index (χ3n) is 8.08. The Bertz CT molecular complexity index is 732. The SMILES string of the molecule is CCCCC=CCCCCCCCC(=O)OCC(C[N+](C)(C)CCCN(C)C)OC(=O)CCCCCCCC=CCCCC. The molecule has 1 atom stereocenters. The molecule has 0 bridgehead atoms. The van der Waals surface area contributed by atoms with Crippen molar-refractivity contribution in [3.8, 4) is 0 Å². The fourth-order valence-electron chi connectivity index (χ4n) is 5.32. The Balaban J connectivity index is 4.42. The van der Waals surface area contributed by atoms with Crippen molar-refractivity contribution in [1.82, 2.24) is 4.90 Å². The Morgan fingerprint density at radius 2 is 1.09 bits per heavy atom. The number of hydrogen-bond donors (Lipinski definition) is 0. The van der Waals surface area contributed by atoms with Crippen LogP contribution in [0, 0.1) is 0 Å². The Morgan fingerprint density at radius 1 is 0.636 bits per heavy atom. The average Bonchev–Trinajstić information content (AvgIpc) is 2.97. The predicted molar refractivity (Wildman–Crippen MR) is 188 cm³/mol. The molecule has 0 aliphatic carbocycles. The molecule has 0 radical (unpaired) electrons. The first-order valence-electron chi connectivity index (χ1n) is 18.3. The molecule has 0 aromatic rings. The fraction of sp³-hybridized carbons (Fsp3) is 0.842. The van der Waals surface area contributed by atoms with Gasteiger partial charge in [0.1, 0.15) is 13.2 Å². The predicted octanol–water partition coefficient (Wildman–Crippen LogP) is 9.42. The zero-order valence-corrected chi connectivity index (χ0v) is 30.1. The first-order valence-corrected chi connectivity index (χ1v) is 18.3. The number of ether oxygens (including phenoxy) is 2. The molecule has 44 heavy (non-hydrogen) atoms. The number of quaternary nitrogens is 1. The van der Waals surface area contributed by atoms with Crippen LogP contribution in [0.1, 0.15) is 149 Å². The number of allylic oxidation sites excluding steroid dienone is 4. The number of nitrogens with zero attached hydrogens (tertiary/aromatic N) is 2. The van der Waals surface area contributed by atoms with Crippen molar-refractivity contribution in [3.63, 3.8) is 0 Å². The highest BCUT2D eigenvalue weighted by Gasteiger charge is 2.26. The summed E-state index contributed by atoms with van der Waals surface area (Å²) < 4.78 is 12.3. The molecule has 1 unspecified atom stereocenters. The van der Waals surface area contributed by atoms with E-state index < -0.39 is 6.10 Å². The second-order valence-electron chi connectivity index (χ2n) is 13.6. The molecule has 0 N–H and O–H groups in total. The van der Waals surface area contributed by atoms with E-state index >= 15 is 0 Å². The average molecular weight is 622 g/mol. The van der Waals surface area contributed by atoms with Crippen molar-refractivity contribution in [2.24, 2.45) is 0 Å². The van der Waals surface area contributed by atoms with Gasteiger partial charge < -0.3 is 18.9 Å². The van der Waals surface area contributed by atoms with Crippen molar-refractivity contribution in [2.45, 2.75) is 155 Å². The third kappa shape index (κ3) is 30.4. The van der Waals surface area contributed by atoms with E-state index in [9.17, 15) is 9.59 Å². The molecule has 0 aliphatic heterocycles. The highest BCUT2D eigenvalue weighted by atomic mass is 16.6. The van der Waals surface area contributed by atoms with Crippen molar-refractivity contribution < 1.29 is 23.5 Å². The Hall–Kier alpha value is -1.66. The van der Waals surface area contributed by atoms with Gasteiger partial charge in [-0.1, -0.05) is 102 Å². The highest BCUT2D eigenvalue weighted by Crippen LogP contribution is 2.13. The molecule has 6 nitrogen and oxygen atoms in total. The molecule has 6 heteroatoms. The lowest BCUT2D eigenvalue weighted by Gasteiger charge is -2.33. The van der Waals surface area contributed by atoms with Crippen LogP contribution in [0.4, 0.5) is 0 Å². The molecule has 0 amide bonds. The summed E-state index contributed by atoms with van der Waals surface area (Å²) >= 11 is 0. The number of hydrogen-bond acceptors (Lipinski definition) is 5. The van der Waals surface area contributed by atoms with E-state index in [0.717, 1.165) is 75.4 Å². The van der Waals surface area contributed by atoms with Gasteiger partial charge in [0.05, 0.1) is 20.6 Å². The zero-order chi connectivity index (χ0) is 32.7. The molecule has 0 saturated heterocycles. The molecule has 0 aromatic carbocycles. The normalized spacial score (nSPS) is 12.9. The summed E-state index contributed by atoms with van der Waals surface area (Å²) in [5.41, 5.74) is 0. The smallest absolute Gasteiger partial charge is 0.306 e. The van der Waals surface area contributed by atoms with Gasteiger partial charge in [0.2, 0.25) is 0 Å². The zero-order valence-electron chi connectivity index (χ0n) is 30.1. The number of unbranched alkanes of at least 4 members (excludes halogenated alkanes) is 14. The molecular formula is C38H73N2O4+. The Morgan fingerprint density at radius 3 is 1.59 bits per heavy atom. The van der Waals surface area contributed by atoms with Gasteiger partial charge in [0, 0.05) is 25.8 Å². The highest BCUT2D eigenvalue weighted by molar-refractivity contribution is 5.70. The second kappa shape index (κ2) is 30.0. The van der Waals surface area contributed by atoms with E-state index in [4.69, 9.17) is 9.47 Å². The van der Waals surface area contributed by atoms with Gasteiger partial charge >= 0.3 is 11.9 Å². The fourth-order valence-corrected chi connectivity index (χ4v) is 5.32. The number of likely N-dealkylation sites (N-methyl/N-ethyl adjacent to an activating group) is 1. The maximum Gasteiger partial charge on any atom is 0.306 e. The lowest BCUT2D eigenvalue weighted by Crippen LogP contribution is -2.49. The van der Waals surface area contributed by atoms with Crippen LogP contribution in [0.15, 0.2) is 24.3 Å². The van der Waals surface area contributed by atoms with Crippen molar-refractivity contribution in [2.75, 3.05) is 54.4 Å². The molecule has 0 spiro atoms. The maximum atomic E-state index is 12.7. The maximum absolute atomic E-state index is 12.7. The summed E-state index contributed by atoms with van der Waals surface area (Å²) in [7, 11) is 8.50. The minimum atomic E-state index is -0.411. The topological polar surface area (TPSA) is 55.8 Å². The second-order valence-corrected chi connectivity index (χ2v) is 13.6. The van der Waals surface area contributed by atoms with Gasteiger partial charge in [-0.25, -0.2) is 0 Å². The summed E-state index contributed by atoms with van der Waals surface area (Å²) in [4.78, 5) is 27.4. The Labute approximate surface area is 273 Å². The van der Waals surface area contributed by atoms with Gasteiger partial charge in [-0.15, -0.1) is 0 Å². The molecule has 0 heterocycles. The number of rotatable bonds is 31. The molecule has 0 aliphatic rings. The van der Waals surface area contributed by atoms with E-state index in [1.807, 2.05) is 0 Å².